The van der Waals surface area contributed by atoms with E-state index in [1.807, 2.05) is 24.4 Å². The van der Waals surface area contributed by atoms with Gasteiger partial charge in [-0.25, -0.2) is 14.8 Å². The minimum absolute atomic E-state index is 0.144. The summed E-state index contributed by atoms with van der Waals surface area (Å²) in [6, 6.07) is 5.54. The summed E-state index contributed by atoms with van der Waals surface area (Å²) in [4.78, 5) is 22.9. The standard InChI is InChI=1S/C19H17N3O2S2/c1-11-16(12-5-2-3-6-12)21-19(26-11)22-17-14(18(23)24)9-13(10-20-17)15-7-4-8-25-15/h4-5,7-10H,2-3,6H2,1H3,(H,23,24)(H,20,21,22). The Labute approximate surface area is 159 Å². The van der Waals surface area contributed by atoms with E-state index in [2.05, 4.69) is 21.4 Å². The summed E-state index contributed by atoms with van der Waals surface area (Å²) in [5, 5.41) is 15.3. The van der Waals surface area contributed by atoms with Crippen LogP contribution in [-0.2, 0) is 0 Å². The van der Waals surface area contributed by atoms with Gasteiger partial charge in [0.1, 0.15) is 11.4 Å². The number of hydrogen-bond acceptors (Lipinski definition) is 6. The third kappa shape index (κ3) is 3.27. The summed E-state index contributed by atoms with van der Waals surface area (Å²) in [6.07, 6.45) is 7.26. The number of carboxylic acids is 1. The molecule has 26 heavy (non-hydrogen) atoms. The van der Waals surface area contributed by atoms with Crippen molar-refractivity contribution in [3.05, 3.63) is 52.0 Å². The van der Waals surface area contributed by atoms with Gasteiger partial charge >= 0.3 is 5.97 Å². The van der Waals surface area contributed by atoms with Gasteiger partial charge in [-0.1, -0.05) is 12.1 Å². The molecule has 3 aromatic heterocycles. The minimum atomic E-state index is -1.01. The largest absolute Gasteiger partial charge is 0.478 e. The van der Waals surface area contributed by atoms with Crippen LogP contribution in [-0.4, -0.2) is 21.0 Å². The Morgan fingerprint density at radius 2 is 2.27 bits per heavy atom. The predicted octanol–water partition coefficient (Wildman–Crippen LogP) is 5.58. The second kappa shape index (κ2) is 7.01. The van der Waals surface area contributed by atoms with Gasteiger partial charge in [0, 0.05) is 21.5 Å². The first-order chi connectivity index (χ1) is 12.6. The Balaban J connectivity index is 1.66. The van der Waals surface area contributed by atoms with Crippen LogP contribution in [0.25, 0.3) is 16.0 Å². The molecule has 0 fully saturated rings. The number of thiophene rings is 1. The van der Waals surface area contributed by atoms with Crippen molar-refractivity contribution in [2.75, 3.05) is 5.32 Å². The Kier molecular flexibility index (Phi) is 4.57. The Hall–Kier alpha value is -2.51. The fourth-order valence-electron chi connectivity index (χ4n) is 3.04. The molecule has 0 aromatic carbocycles. The quantitative estimate of drug-likeness (QED) is 0.601. The van der Waals surface area contributed by atoms with Crippen LogP contribution in [0.3, 0.4) is 0 Å². The van der Waals surface area contributed by atoms with Crippen molar-refractivity contribution in [2.24, 2.45) is 0 Å². The molecule has 0 saturated heterocycles. The average molecular weight is 383 g/mol. The summed E-state index contributed by atoms with van der Waals surface area (Å²) < 4.78 is 0. The first-order valence-corrected chi connectivity index (χ1v) is 10.0. The molecule has 0 aliphatic heterocycles. The molecule has 1 aliphatic carbocycles. The molecule has 3 aromatic rings. The van der Waals surface area contributed by atoms with Crippen LogP contribution in [0, 0.1) is 6.92 Å². The highest BCUT2D eigenvalue weighted by Crippen LogP contribution is 2.35. The molecule has 0 amide bonds. The fraction of sp³-hybridized carbons (Fsp3) is 0.211. The van der Waals surface area contributed by atoms with Crippen molar-refractivity contribution in [2.45, 2.75) is 26.2 Å². The third-order valence-corrected chi connectivity index (χ3v) is 6.10. The number of carboxylic acid groups (broad SMARTS) is 1. The minimum Gasteiger partial charge on any atom is -0.478 e. The summed E-state index contributed by atoms with van der Waals surface area (Å²) in [7, 11) is 0. The maximum atomic E-state index is 11.7. The molecule has 0 saturated carbocycles. The van der Waals surface area contributed by atoms with Crippen molar-refractivity contribution >= 4 is 45.2 Å². The number of aryl methyl sites for hydroxylation is 1. The summed E-state index contributed by atoms with van der Waals surface area (Å²) in [5.74, 6) is -0.691. The van der Waals surface area contributed by atoms with Crippen LogP contribution in [0.1, 0.15) is 40.2 Å². The van der Waals surface area contributed by atoms with E-state index in [4.69, 9.17) is 0 Å². The van der Waals surface area contributed by atoms with Crippen LogP contribution in [0.4, 0.5) is 10.9 Å². The average Bonchev–Trinajstić information content (AvgIpc) is 3.36. The van der Waals surface area contributed by atoms with Crippen LogP contribution in [0.2, 0.25) is 0 Å². The van der Waals surface area contributed by atoms with Gasteiger partial charge in [0.2, 0.25) is 0 Å². The van der Waals surface area contributed by atoms with Crippen LogP contribution < -0.4 is 5.32 Å². The number of allylic oxidation sites excluding steroid dienone is 2. The topological polar surface area (TPSA) is 75.1 Å². The number of aromatic nitrogens is 2. The van der Waals surface area contributed by atoms with E-state index >= 15 is 0 Å². The molecule has 0 bridgehead atoms. The van der Waals surface area contributed by atoms with Gasteiger partial charge in [0.25, 0.3) is 0 Å². The Bertz CT molecular complexity index is 990. The van der Waals surface area contributed by atoms with E-state index < -0.39 is 5.97 Å². The number of nitrogens with one attached hydrogen (secondary N) is 1. The summed E-state index contributed by atoms with van der Waals surface area (Å²) in [6.45, 7) is 2.04. The van der Waals surface area contributed by atoms with Gasteiger partial charge in [0.05, 0.1) is 5.69 Å². The lowest BCUT2D eigenvalue weighted by atomic mass is 10.1. The molecular weight excluding hydrogens is 366 g/mol. The first kappa shape index (κ1) is 16.9. The highest BCUT2D eigenvalue weighted by molar-refractivity contribution is 7.15. The molecule has 0 radical (unpaired) electrons. The number of hydrogen-bond donors (Lipinski definition) is 2. The zero-order valence-electron chi connectivity index (χ0n) is 14.2. The van der Waals surface area contributed by atoms with E-state index in [0.29, 0.717) is 10.9 Å². The zero-order chi connectivity index (χ0) is 18.1. The number of rotatable bonds is 5. The molecule has 3 heterocycles. The molecule has 1 aliphatic rings. The Morgan fingerprint density at radius 3 is 2.96 bits per heavy atom. The third-order valence-electron chi connectivity index (χ3n) is 4.29. The molecule has 0 unspecified atom stereocenters. The number of aromatic carboxylic acids is 1. The van der Waals surface area contributed by atoms with Crippen LogP contribution in [0.15, 0.2) is 35.9 Å². The maximum Gasteiger partial charge on any atom is 0.339 e. The van der Waals surface area contributed by atoms with Crippen LogP contribution in [0.5, 0.6) is 0 Å². The Morgan fingerprint density at radius 1 is 1.38 bits per heavy atom. The number of nitrogens with zero attached hydrogens (tertiary/aromatic N) is 2. The molecule has 5 nitrogen and oxygen atoms in total. The highest BCUT2D eigenvalue weighted by atomic mass is 32.1. The van der Waals surface area contributed by atoms with E-state index in [0.717, 1.165) is 33.9 Å². The van der Waals surface area contributed by atoms with Gasteiger partial charge in [-0.2, -0.15) is 0 Å². The van der Waals surface area contributed by atoms with Crippen molar-refractivity contribution < 1.29 is 9.90 Å². The van der Waals surface area contributed by atoms with Crippen molar-refractivity contribution in [1.82, 2.24) is 9.97 Å². The van der Waals surface area contributed by atoms with Crippen molar-refractivity contribution in [3.63, 3.8) is 0 Å². The molecule has 7 heteroatoms. The van der Waals surface area contributed by atoms with E-state index in [1.54, 1.807) is 23.6 Å². The summed E-state index contributed by atoms with van der Waals surface area (Å²) in [5.41, 5.74) is 3.24. The monoisotopic (exact) mass is 383 g/mol. The number of thiazole rings is 1. The van der Waals surface area contributed by atoms with Gasteiger partial charge in [-0.3, -0.25) is 0 Å². The zero-order valence-corrected chi connectivity index (χ0v) is 15.8. The van der Waals surface area contributed by atoms with Crippen molar-refractivity contribution in [3.8, 4) is 10.4 Å². The first-order valence-electron chi connectivity index (χ1n) is 8.33. The molecule has 0 atom stereocenters. The van der Waals surface area contributed by atoms with E-state index in [9.17, 15) is 9.90 Å². The molecule has 4 rings (SSSR count). The molecule has 132 valence electrons. The molecule has 0 spiro atoms. The normalized spacial score (nSPS) is 13.7. The summed E-state index contributed by atoms with van der Waals surface area (Å²) >= 11 is 3.08. The number of carbonyl (C=O) groups is 1. The van der Waals surface area contributed by atoms with Crippen molar-refractivity contribution in [1.29, 1.82) is 0 Å². The predicted molar refractivity (Wildman–Crippen MR) is 106 cm³/mol. The molecule has 2 N–H and O–H groups in total. The van der Waals surface area contributed by atoms with Gasteiger partial charge in [0.15, 0.2) is 5.13 Å². The smallest absolute Gasteiger partial charge is 0.339 e. The maximum absolute atomic E-state index is 11.7. The molecular formula is C19H17N3O2S2. The fourth-order valence-corrected chi connectivity index (χ4v) is 4.60. The lowest BCUT2D eigenvalue weighted by Crippen LogP contribution is -2.05. The second-order valence-corrected chi connectivity index (χ2v) is 8.22. The van der Waals surface area contributed by atoms with Gasteiger partial charge in [-0.05, 0) is 49.3 Å². The lowest BCUT2D eigenvalue weighted by molar-refractivity contribution is 0.0697. The van der Waals surface area contributed by atoms with E-state index in [1.165, 1.54) is 23.3 Å². The lowest BCUT2D eigenvalue weighted by Gasteiger charge is -2.07. The van der Waals surface area contributed by atoms with Gasteiger partial charge in [-0.15, -0.1) is 22.7 Å². The second-order valence-electron chi connectivity index (χ2n) is 6.07. The SMILES string of the molecule is Cc1sc(Nc2ncc(-c3cccs3)cc2C(=O)O)nc1C1=CCCC1. The number of anilines is 2. The number of pyridine rings is 1. The van der Waals surface area contributed by atoms with E-state index in [-0.39, 0.29) is 5.56 Å². The van der Waals surface area contributed by atoms with Crippen LogP contribution >= 0.6 is 22.7 Å². The van der Waals surface area contributed by atoms with Gasteiger partial charge < -0.3 is 10.4 Å². The highest BCUT2D eigenvalue weighted by Gasteiger charge is 2.18.